The Hall–Kier alpha value is -1.63. The zero-order chi connectivity index (χ0) is 33.6. The molecule has 0 aliphatic carbocycles. The molecule has 5 fully saturated rings. The Labute approximate surface area is 269 Å². The molecule has 0 aromatic heterocycles. The highest BCUT2D eigenvalue weighted by Gasteiger charge is 2.58. The number of esters is 2. The molecule has 0 aromatic rings. The van der Waals surface area contributed by atoms with Gasteiger partial charge in [0.25, 0.3) is 0 Å². The summed E-state index contributed by atoms with van der Waals surface area (Å²) in [6.45, 7) is 16.1. The maximum Gasteiger partial charge on any atom is 0.319 e. The molecule has 11 heteroatoms. The number of nitrogens with zero attached hydrogens (tertiary/aromatic N) is 2. The van der Waals surface area contributed by atoms with Crippen molar-refractivity contribution in [3.8, 4) is 0 Å². The molecule has 2 bridgehead atoms. The number of aliphatic hydroxyl groups excluding tert-OH is 1. The summed E-state index contributed by atoms with van der Waals surface area (Å²) < 4.78 is 31.7. The molecule has 45 heavy (non-hydrogen) atoms. The quantitative estimate of drug-likeness (QED) is 0.361. The van der Waals surface area contributed by atoms with E-state index in [1.807, 2.05) is 53.7 Å². The van der Waals surface area contributed by atoms with Crippen LogP contribution in [0.15, 0.2) is 0 Å². The fourth-order valence-electron chi connectivity index (χ4n) is 8.59. The van der Waals surface area contributed by atoms with E-state index in [0.29, 0.717) is 25.8 Å². The lowest BCUT2D eigenvalue weighted by Crippen LogP contribution is -2.61. The number of carbonyl (C=O) groups is 3. The Kier molecular flexibility index (Phi) is 10.8. The van der Waals surface area contributed by atoms with Crippen LogP contribution in [0.25, 0.3) is 0 Å². The van der Waals surface area contributed by atoms with Gasteiger partial charge in [-0.25, -0.2) is 0 Å². The fraction of sp³-hybridized carbons (Fsp3) is 0.912. The van der Waals surface area contributed by atoms with Crippen molar-refractivity contribution in [1.29, 1.82) is 0 Å². The van der Waals surface area contributed by atoms with Crippen molar-refractivity contribution in [2.24, 2.45) is 23.2 Å². The third-order valence-electron chi connectivity index (χ3n) is 11.4. The van der Waals surface area contributed by atoms with Gasteiger partial charge in [-0.1, -0.05) is 20.8 Å². The van der Waals surface area contributed by atoms with Crippen molar-refractivity contribution in [3.05, 3.63) is 0 Å². The predicted molar refractivity (Wildman–Crippen MR) is 167 cm³/mol. The third kappa shape index (κ3) is 6.85. The molecule has 11 nitrogen and oxygen atoms in total. The van der Waals surface area contributed by atoms with Gasteiger partial charge in [-0.15, -0.1) is 0 Å². The van der Waals surface area contributed by atoms with Crippen LogP contribution in [0.5, 0.6) is 0 Å². The second-order valence-electron chi connectivity index (χ2n) is 15.3. The number of hydrogen-bond donors (Lipinski definition) is 1. The highest BCUT2D eigenvalue weighted by molar-refractivity contribution is 6.04. The molecule has 5 saturated heterocycles. The molecule has 5 aliphatic heterocycles. The second kappa shape index (κ2) is 13.5. The summed E-state index contributed by atoms with van der Waals surface area (Å²) in [5, 5.41) is 11.4. The van der Waals surface area contributed by atoms with E-state index in [2.05, 4.69) is 18.7 Å². The molecule has 0 aromatic carbocycles. The number of carbonyl (C=O) groups excluding carboxylic acids is 3. The van der Waals surface area contributed by atoms with Gasteiger partial charge >= 0.3 is 11.9 Å². The van der Waals surface area contributed by atoms with E-state index in [1.165, 1.54) is 0 Å². The number of rotatable bonds is 4. The first-order valence-electron chi connectivity index (χ1n) is 16.8. The van der Waals surface area contributed by atoms with Crippen LogP contribution in [0.2, 0.25) is 0 Å². The van der Waals surface area contributed by atoms with E-state index in [1.54, 1.807) is 13.8 Å². The average molecular weight is 639 g/mol. The number of Topliss-reactive ketones (excluding diaryl/α,β-unsaturated/α-hetero) is 1. The smallest absolute Gasteiger partial charge is 0.319 e. The van der Waals surface area contributed by atoms with Gasteiger partial charge < -0.3 is 38.6 Å². The molecule has 5 aliphatic rings. The van der Waals surface area contributed by atoms with Crippen molar-refractivity contribution in [2.75, 3.05) is 34.3 Å². The van der Waals surface area contributed by atoms with Crippen molar-refractivity contribution < 1.29 is 43.2 Å². The first-order valence-corrected chi connectivity index (χ1v) is 16.8. The topological polar surface area (TPSA) is 124 Å². The molecule has 1 N–H and O–H groups in total. The highest BCUT2D eigenvalue weighted by Crippen LogP contribution is 2.45. The molecular weight excluding hydrogens is 580 g/mol. The lowest BCUT2D eigenvalue weighted by atomic mass is 9.70. The first-order chi connectivity index (χ1) is 20.9. The first kappa shape index (κ1) is 36.2. The van der Waals surface area contributed by atoms with Gasteiger partial charge in [0.15, 0.2) is 17.7 Å². The van der Waals surface area contributed by atoms with Crippen LogP contribution < -0.4 is 0 Å². The lowest BCUT2D eigenvalue weighted by Gasteiger charge is -2.49. The van der Waals surface area contributed by atoms with E-state index in [4.69, 9.17) is 23.7 Å². The summed E-state index contributed by atoms with van der Waals surface area (Å²) in [4.78, 5) is 45.6. The summed E-state index contributed by atoms with van der Waals surface area (Å²) in [5.41, 5.74) is -3.50. The maximum atomic E-state index is 14.5. The lowest BCUT2D eigenvalue weighted by molar-refractivity contribution is -0.300. The zero-order valence-electron chi connectivity index (χ0n) is 29.3. The number of hydrogen-bond acceptors (Lipinski definition) is 11. The van der Waals surface area contributed by atoms with Crippen LogP contribution in [-0.4, -0.2) is 121 Å². The van der Waals surface area contributed by atoms with Crippen LogP contribution in [0.4, 0.5) is 0 Å². The zero-order valence-corrected chi connectivity index (χ0v) is 29.3. The maximum absolute atomic E-state index is 14.5. The Bertz CT molecular complexity index is 1100. The predicted octanol–water partition coefficient (Wildman–Crippen LogP) is 3.19. The largest absolute Gasteiger partial charge is 0.457 e. The Morgan fingerprint density at radius 3 is 2.38 bits per heavy atom. The van der Waals surface area contributed by atoms with Crippen LogP contribution in [0.3, 0.4) is 0 Å². The van der Waals surface area contributed by atoms with Gasteiger partial charge in [0.1, 0.15) is 17.6 Å². The average Bonchev–Trinajstić information content (AvgIpc) is 3.27. The van der Waals surface area contributed by atoms with Gasteiger partial charge in [0, 0.05) is 37.1 Å². The number of aliphatic hydroxyl groups is 1. The standard InChI is InChI=1S/C34H58N2O9/c1-12-25-34(8)23(16-26(37)45-34)22(5)36(11)18-19(2)17-33(7)29(44-30-27(38)24(35(9)10)15-20(3)42-30)21(4)28(39)32(6,13-14-41-33)31(40)43-25/h19-25,27,29-30,38H,12-18H2,1-11H3/t19-,20?,21+,22-,23-,24?,25-,27?,29-,30+,32+,33-,34+/m1/s1. The van der Waals surface area contributed by atoms with Crippen LogP contribution in [-0.2, 0) is 38.1 Å². The van der Waals surface area contributed by atoms with Gasteiger partial charge in [0.05, 0.1) is 24.2 Å². The minimum Gasteiger partial charge on any atom is -0.457 e. The summed E-state index contributed by atoms with van der Waals surface area (Å²) in [6, 6.07) is -0.254. The summed E-state index contributed by atoms with van der Waals surface area (Å²) in [7, 11) is 5.87. The van der Waals surface area contributed by atoms with E-state index in [0.717, 1.165) is 0 Å². The molecule has 258 valence electrons. The minimum atomic E-state index is -1.52. The van der Waals surface area contributed by atoms with Crippen molar-refractivity contribution in [1.82, 2.24) is 9.80 Å². The van der Waals surface area contributed by atoms with Crippen LogP contribution >= 0.6 is 0 Å². The van der Waals surface area contributed by atoms with Crippen molar-refractivity contribution in [2.45, 2.75) is 141 Å². The molecule has 3 unspecified atom stereocenters. The molecular formula is C34H58N2O9. The molecule has 0 saturated carbocycles. The SMILES string of the molecule is CC[C@H]1OC(=O)[C@@]2(C)CCO[C@](C)(C[C@@H](C)CN(C)[C@H](C)[C@H]3CC(=O)O[C@@]31C)[C@H](O[C@@H]1OC(C)CC(N(C)C)C1O)[C@@H](C)C2=O. The Balaban J connectivity index is 1.78. The number of ketones is 1. The summed E-state index contributed by atoms with van der Waals surface area (Å²) in [5.74, 6) is -2.17. The number of likely N-dealkylation sites (N-methyl/N-ethyl adjacent to an activating group) is 1. The van der Waals surface area contributed by atoms with Crippen molar-refractivity contribution >= 4 is 17.7 Å². The monoisotopic (exact) mass is 638 g/mol. The summed E-state index contributed by atoms with van der Waals surface area (Å²) >= 11 is 0. The van der Waals surface area contributed by atoms with Gasteiger partial charge in [0.2, 0.25) is 0 Å². The highest BCUT2D eigenvalue weighted by atomic mass is 16.7. The Morgan fingerprint density at radius 1 is 1.09 bits per heavy atom. The molecule has 5 rings (SSSR count). The Morgan fingerprint density at radius 2 is 1.76 bits per heavy atom. The van der Waals surface area contributed by atoms with Gasteiger partial charge in [-0.2, -0.15) is 0 Å². The minimum absolute atomic E-state index is 0.0618. The fourth-order valence-corrected chi connectivity index (χ4v) is 8.59. The second-order valence-corrected chi connectivity index (χ2v) is 15.3. The van der Waals surface area contributed by atoms with Gasteiger partial charge in [-0.3, -0.25) is 14.4 Å². The normalized spacial score (nSPS) is 47.4. The van der Waals surface area contributed by atoms with Crippen molar-refractivity contribution in [3.63, 3.8) is 0 Å². The van der Waals surface area contributed by atoms with E-state index < -0.39 is 53.1 Å². The van der Waals surface area contributed by atoms with E-state index in [9.17, 15) is 19.5 Å². The molecule has 13 atom stereocenters. The van der Waals surface area contributed by atoms with Gasteiger partial charge in [-0.05, 0) is 87.4 Å². The molecule has 0 amide bonds. The van der Waals surface area contributed by atoms with Crippen LogP contribution in [0, 0.1) is 23.2 Å². The number of ether oxygens (including phenoxy) is 5. The summed E-state index contributed by atoms with van der Waals surface area (Å²) in [6.07, 6.45) is -1.69. The molecule has 5 heterocycles. The molecule has 0 radical (unpaired) electrons. The van der Waals surface area contributed by atoms with Crippen LogP contribution in [0.1, 0.15) is 87.5 Å². The van der Waals surface area contributed by atoms with E-state index >= 15 is 0 Å². The van der Waals surface area contributed by atoms with E-state index in [-0.39, 0.29) is 61.2 Å². The molecule has 0 spiro atoms. The number of fused-ring (bicyclic) bond motifs is 10. The third-order valence-corrected chi connectivity index (χ3v) is 11.4.